The number of aromatic nitrogens is 4. The molecular weight excluding hydrogens is 546 g/mol. The minimum atomic E-state index is -0.530. The smallest absolute Gasteiger partial charge is 0.410 e. The lowest BCUT2D eigenvalue weighted by atomic mass is 10.0. The van der Waals surface area contributed by atoms with Crippen LogP contribution < -0.4 is 15.0 Å². The van der Waals surface area contributed by atoms with E-state index in [1.807, 2.05) is 55.9 Å². The maximum atomic E-state index is 12.6. The van der Waals surface area contributed by atoms with Crippen LogP contribution in [0.2, 0.25) is 0 Å². The number of carbonyl (C=O) groups excluding carboxylic acids is 1. The Bertz CT molecular complexity index is 1540. The maximum Gasteiger partial charge on any atom is 0.410 e. The fourth-order valence-electron chi connectivity index (χ4n) is 4.94. The van der Waals surface area contributed by atoms with Gasteiger partial charge < -0.3 is 34.3 Å². The zero-order valence-electron chi connectivity index (χ0n) is 25.6. The third kappa shape index (κ3) is 7.16. The van der Waals surface area contributed by atoms with E-state index in [0.29, 0.717) is 44.5 Å². The molecule has 228 valence electrons. The SMILES string of the molecule is CC(C)n1cnc2c(NCc3ccc(-c4ccccc4OCCO)cc3)nc(N3CCN(C(=O)OC(C)(C)C)CC3)nc21. The van der Waals surface area contributed by atoms with Crippen LogP contribution in [0.3, 0.4) is 0 Å². The molecule has 1 aliphatic rings. The van der Waals surface area contributed by atoms with Gasteiger partial charge in [0.15, 0.2) is 17.0 Å². The van der Waals surface area contributed by atoms with Crippen molar-refractivity contribution in [2.45, 2.75) is 52.8 Å². The summed E-state index contributed by atoms with van der Waals surface area (Å²) in [4.78, 5) is 30.9. The normalized spacial score (nSPS) is 13.9. The van der Waals surface area contributed by atoms with Crippen molar-refractivity contribution in [1.82, 2.24) is 24.4 Å². The molecule has 0 atom stereocenters. The van der Waals surface area contributed by atoms with E-state index >= 15 is 0 Å². The van der Waals surface area contributed by atoms with Crippen molar-refractivity contribution < 1.29 is 19.4 Å². The van der Waals surface area contributed by atoms with E-state index < -0.39 is 5.60 Å². The van der Waals surface area contributed by atoms with Gasteiger partial charge in [-0.3, -0.25) is 0 Å². The molecule has 5 rings (SSSR count). The number of fused-ring (bicyclic) bond motifs is 1. The van der Waals surface area contributed by atoms with E-state index in [-0.39, 0.29) is 25.3 Å². The predicted molar refractivity (Wildman–Crippen MR) is 168 cm³/mol. The second-order valence-electron chi connectivity index (χ2n) is 11.9. The van der Waals surface area contributed by atoms with Crippen molar-refractivity contribution in [2.75, 3.05) is 49.6 Å². The number of hydrogen-bond donors (Lipinski definition) is 2. The number of amides is 1. The zero-order chi connectivity index (χ0) is 30.6. The summed E-state index contributed by atoms with van der Waals surface area (Å²) in [5.41, 5.74) is 4.05. The molecule has 1 fully saturated rings. The minimum Gasteiger partial charge on any atom is -0.491 e. The van der Waals surface area contributed by atoms with E-state index in [4.69, 9.17) is 24.5 Å². The van der Waals surface area contributed by atoms with E-state index in [0.717, 1.165) is 33.6 Å². The number of hydrogen-bond acceptors (Lipinski definition) is 9. The molecule has 0 unspecified atom stereocenters. The quantitative estimate of drug-likeness (QED) is 0.275. The summed E-state index contributed by atoms with van der Waals surface area (Å²) < 4.78 is 13.3. The Kier molecular flexibility index (Phi) is 9.00. The zero-order valence-corrected chi connectivity index (χ0v) is 25.6. The van der Waals surface area contributed by atoms with Crippen LogP contribution in [0, 0.1) is 0 Å². The van der Waals surface area contributed by atoms with Gasteiger partial charge in [-0.1, -0.05) is 42.5 Å². The first-order chi connectivity index (χ1) is 20.6. The number of aliphatic hydroxyl groups excluding tert-OH is 1. The molecule has 1 aliphatic heterocycles. The number of piperazine rings is 1. The van der Waals surface area contributed by atoms with Crippen LogP contribution in [0.5, 0.6) is 5.75 Å². The molecule has 43 heavy (non-hydrogen) atoms. The first kappa shape index (κ1) is 30.1. The number of benzene rings is 2. The summed E-state index contributed by atoms with van der Waals surface area (Å²) in [6.07, 6.45) is 1.51. The van der Waals surface area contributed by atoms with Crippen molar-refractivity contribution in [2.24, 2.45) is 0 Å². The Morgan fingerprint density at radius 3 is 2.42 bits per heavy atom. The molecule has 2 aromatic heterocycles. The lowest BCUT2D eigenvalue weighted by molar-refractivity contribution is 0.0240. The number of nitrogens with zero attached hydrogens (tertiary/aromatic N) is 6. The van der Waals surface area contributed by atoms with Crippen molar-refractivity contribution >= 4 is 29.0 Å². The molecule has 1 amide bonds. The van der Waals surface area contributed by atoms with Crippen LogP contribution in [0.4, 0.5) is 16.6 Å². The van der Waals surface area contributed by atoms with Crippen molar-refractivity contribution in [3.05, 3.63) is 60.4 Å². The van der Waals surface area contributed by atoms with Crippen LogP contribution >= 0.6 is 0 Å². The van der Waals surface area contributed by atoms with Crippen LogP contribution in [0.15, 0.2) is 54.9 Å². The number of rotatable bonds is 9. The average molecular weight is 588 g/mol. The van der Waals surface area contributed by atoms with Gasteiger partial charge in [-0.25, -0.2) is 9.78 Å². The monoisotopic (exact) mass is 587 g/mol. The summed E-state index contributed by atoms with van der Waals surface area (Å²) in [5, 5.41) is 12.7. The van der Waals surface area contributed by atoms with Gasteiger partial charge in [-0.05, 0) is 51.8 Å². The van der Waals surface area contributed by atoms with Gasteiger partial charge >= 0.3 is 6.09 Å². The van der Waals surface area contributed by atoms with Gasteiger partial charge in [0.2, 0.25) is 5.95 Å². The molecule has 4 aromatic rings. The number of aliphatic hydroxyl groups is 1. The molecule has 0 bridgehead atoms. The highest BCUT2D eigenvalue weighted by atomic mass is 16.6. The minimum absolute atomic E-state index is 0.0331. The summed E-state index contributed by atoms with van der Waals surface area (Å²) in [6, 6.07) is 16.3. The molecule has 11 heteroatoms. The Labute approximate surface area is 252 Å². The summed E-state index contributed by atoms with van der Waals surface area (Å²) in [5.74, 6) is 2.02. The van der Waals surface area contributed by atoms with Gasteiger partial charge in [0.1, 0.15) is 18.0 Å². The fraction of sp³-hybridized carbons (Fsp3) is 0.438. The number of para-hydroxylation sites is 1. The van der Waals surface area contributed by atoms with Crippen molar-refractivity contribution in [3.8, 4) is 16.9 Å². The lowest BCUT2D eigenvalue weighted by Gasteiger charge is -2.35. The Balaban J connectivity index is 1.33. The largest absolute Gasteiger partial charge is 0.491 e. The topological polar surface area (TPSA) is 118 Å². The molecule has 0 spiro atoms. The van der Waals surface area contributed by atoms with E-state index in [9.17, 15) is 4.79 Å². The Hall–Kier alpha value is -4.38. The van der Waals surface area contributed by atoms with E-state index in [2.05, 4.69) is 53.3 Å². The van der Waals surface area contributed by atoms with Gasteiger partial charge in [0.05, 0.1) is 12.9 Å². The number of nitrogens with one attached hydrogen (secondary N) is 1. The van der Waals surface area contributed by atoms with E-state index in [1.54, 1.807) is 4.90 Å². The van der Waals surface area contributed by atoms with Crippen LogP contribution in [-0.2, 0) is 11.3 Å². The van der Waals surface area contributed by atoms with Gasteiger partial charge in [-0.15, -0.1) is 0 Å². The second-order valence-corrected chi connectivity index (χ2v) is 11.9. The van der Waals surface area contributed by atoms with Crippen molar-refractivity contribution in [3.63, 3.8) is 0 Å². The third-order valence-electron chi connectivity index (χ3n) is 7.14. The first-order valence-corrected chi connectivity index (χ1v) is 14.8. The summed E-state index contributed by atoms with van der Waals surface area (Å²) >= 11 is 0. The highest BCUT2D eigenvalue weighted by Crippen LogP contribution is 2.31. The highest BCUT2D eigenvalue weighted by molar-refractivity contribution is 5.84. The molecule has 11 nitrogen and oxygen atoms in total. The number of ether oxygens (including phenoxy) is 2. The average Bonchev–Trinajstić information content (AvgIpc) is 3.43. The fourth-order valence-corrected chi connectivity index (χ4v) is 4.94. The number of anilines is 2. The van der Waals surface area contributed by atoms with Gasteiger partial charge in [0, 0.05) is 44.3 Å². The molecule has 0 radical (unpaired) electrons. The van der Waals surface area contributed by atoms with Crippen molar-refractivity contribution in [1.29, 1.82) is 0 Å². The Morgan fingerprint density at radius 2 is 1.74 bits per heavy atom. The summed E-state index contributed by atoms with van der Waals surface area (Å²) in [7, 11) is 0. The molecule has 2 aromatic carbocycles. The van der Waals surface area contributed by atoms with Crippen LogP contribution in [0.25, 0.3) is 22.3 Å². The molecule has 1 saturated heterocycles. The van der Waals surface area contributed by atoms with Gasteiger partial charge in [0.25, 0.3) is 0 Å². The third-order valence-corrected chi connectivity index (χ3v) is 7.14. The predicted octanol–water partition coefficient (Wildman–Crippen LogP) is 5.11. The summed E-state index contributed by atoms with van der Waals surface area (Å²) in [6.45, 7) is 12.9. The number of carbonyl (C=O) groups is 1. The molecule has 0 aliphatic carbocycles. The first-order valence-electron chi connectivity index (χ1n) is 14.8. The van der Waals surface area contributed by atoms with Crippen LogP contribution in [0.1, 0.15) is 46.2 Å². The lowest BCUT2D eigenvalue weighted by Crippen LogP contribution is -2.50. The highest BCUT2D eigenvalue weighted by Gasteiger charge is 2.28. The maximum absolute atomic E-state index is 12.6. The molecular formula is C32H41N7O4. The molecule has 3 heterocycles. The Morgan fingerprint density at radius 1 is 1.02 bits per heavy atom. The van der Waals surface area contributed by atoms with Gasteiger partial charge in [-0.2, -0.15) is 9.97 Å². The van der Waals surface area contributed by atoms with E-state index in [1.165, 1.54) is 0 Å². The molecule has 2 N–H and O–H groups in total. The second kappa shape index (κ2) is 12.9. The molecule has 0 saturated carbocycles. The standard InChI is InChI=1S/C32H41N7O4/c1-22(2)39-21-34-27-28(33-20-23-10-12-24(13-11-23)25-8-6-7-9-26(25)42-19-18-40)35-30(36-29(27)39)37-14-16-38(17-15-37)31(41)43-32(3,4)5/h6-13,21-22,40H,14-20H2,1-5H3,(H,33,35,36). The number of imidazole rings is 1. The van der Waals surface area contributed by atoms with Crippen LogP contribution in [-0.4, -0.2) is 80.6 Å².